The lowest BCUT2D eigenvalue weighted by molar-refractivity contribution is -0.123. The van der Waals surface area contributed by atoms with Crippen LogP contribution in [0, 0.1) is 6.92 Å². The van der Waals surface area contributed by atoms with Crippen LogP contribution in [-0.2, 0) is 9.53 Å². The zero-order chi connectivity index (χ0) is 19.6. The number of nitrogens with one attached hydrogen (secondary N) is 1. The number of ether oxygens (including phenoxy) is 1. The summed E-state index contributed by atoms with van der Waals surface area (Å²) in [4.78, 5) is 24.3. The van der Waals surface area contributed by atoms with Crippen molar-refractivity contribution in [2.75, 3.05) is 5.32 Å². The van der Waals surface area contributed by atoms with E-state index in [1.165, 1.54) is 31.2 Å². The Balaban J connectivity index is 2.11. The number of amides is 1. The Morgan fingerprint density at radius 3 is 2.31 bits per heavy atom. The molecule has 0 bridgehead atoms. The fraction of sp³-hybridized carbons (Fsp3) is 0.176. The van der Waals surface area contributed by atoms with E-state index in [1.807, 2.05) is 0 Å². The molecule has 1 atom stereocenters. The van der Waals surface area contributed by atoms with Crippen molar-refractivity contribution >= 4 is 52.4 Å². The third-order valence-electron chi connectivity index (χ3n) is 3.49. The number of phenols is 2. The number of aromatic hydroxyl groups is 2. The highest BCUT2D eigenvalue weighted by Gasteiger charge is 2.23. The molecule has 2 aromatic carbocycles. The van der Waals surface area contributed by atoms with Crippen LogP contribution in [0.2, 0.25) is 15.1 Å². The third kappa shape index (κ3) is 4.33. The number of hydrogen-bond donors (Lipinski definition) is 3. The largest absolute Gasteiger partial charge is 0.504 e. The Hall–Kier alpha value is -2.15. The van der Waals surface area contributed by atoms with Crippen molar-refractivity contribution in [1.82, 2.24) is 0 Å². The second-order valence-electron chi connectivity index (χ2n) is 5.41. The van der Waals surface area contributed by atoms with Gasteiger partial charge in [-0.15, -0.1) is 0 Å². The molecule has 0 aromatic heterocycles. The van der Waals surface area contributed by atoms with Crippen LogP contribution in [0.4, 0.5) is 5.69 Å². The molecule has 9 heteroatoms. The molecule has 0 aliphatic rings. The van der Waals surface area contributed by atoms with Gasteiger partial charge in [-0.05, 0) is 37.6 Å². The zero-order valence-corrected chi connectivity index (χ0v) is 15.9. The maximum atomic E-state index is 12.2. The second-order valence-corrected chi connectivity index (χ2v) is 6.63. The maximum Gasteiger partial charge on any atom is 0.342 e. The third-order valence-corrected chi connectivity index (χ3v) is 4.53. The fourth-order valence-electron chi connectivity index (χ4n) is 1.98. The number of halogens is 3. The first-order valence-corrected chi connectivity index (χ1v) is 8.43. The van der Waals surface area contributed by atoms with Gasteiger partial charge in [0, 0.05) is 0 Å². The van der Waals surface area contributed by atoms with E-state index >= 15 is 0 Å². The van der Waals surface area contributed by atoms with E-state index in [0.717, 1.165) is 0 Å². The molecule has 0 fully saturated rings. The molecular formula is C17H14Cl3NO5. The quantitative estimate of drug-likeness (QED) is 0.384. The zero-order valence-electron chi connectivity index (χ0n) is 13.6. The number of carbonyl (C=O) groups is 2. The van der Waals surface area contributed by atoms with E-state index < -0.39 is 29.5 Å². The van der Waals surface area contributed by atoms with Crippen molar-refractivity contribution in [2.24, 2.45) is 0 Å². The first kappa shape index (κ1) is 20.2. The lowest BCUT2D eigenvalue weighted by atomic mass is 10.1. The molecule has 138 valence electrons. The van der Waals surface area contributed by atoms with Crippen molar-refractivity contribution in [2.45, 2.75) is 20.0 Å². The molecule has 0 saturated heterocycles. The van der Waals surface area contributed by atoms with E-state index in [0.29, 0.717) is 5.56 Å². The molecule has 0 spiro atoms. The van der Waals surface area contributed by atoms with Crippen molar-refractivity contribution in [1.29, 1.82) is 0 Å². The predicted octanol–water partition coefficient (Wildman–Crippen LogP) is 4.55. The smallest absolute Gasteiger partial charge is 0.342 e. The summed E-state index contributed by atoms with van der Waals surface area (Å²) in [5.41, 5.74) is 0.323. The Morgan fingerprint density at radius 1 is 1.04 bits per heavy atom. The van der Waals surface area contributed by atoms with Gasteiger partial charge in [-0.3, -0.25) is 4.79 Å². The van der Waals surface area contributed by atoms with Crippen molar-refractivity contribution in [3.63, 3.8) is 0 Å². The van der Waals surface area contributed by atoms with Crippen LogP contribution in [-0.4, -0.2) is 28.2 Å². The van der Waals surface area contributed by atoms with Crippen LogP contribution < -0.4 is 5.32 Å². The van der Waals surface area contributed by atoms with Crippen LogP contribution in [0.1, 0.15) is 22.8 Å². The van der Waals surface area contributed by atoms with Gasteiger partial charge in [0.25, 0.3) is 5.91 Å². The number of esters is 1. The van der Waals surface area contributed by atoms with Crippen LogP contribution in [0.5, 0.6) is 11.5 Å². The second kappa shape index (κ2) is 8.03. The van der Waals surface area contributed by atoms with Crippen molar-refractivity contribution < 1.29 is 24.5 Å². The Labute approximate surface area is 164 Å². The Bertz CT molecular complexity index is 885. The van der Waals surface area contributed by atoms with Crippen LogP contribution in [0.15, 0.2) is 24.3 Å². The number of phenolic OH excluding ortho intramolecular Hbond substituents is 2. The molecule has 0 heterocycles. The molecule has 0 aliphatic carbocycles. The van der Waals surface area contributed by atoms with E-state index in [4.69, 9.17) is 39.5 Å². The summed E-state index contributed by atoms with van der Waals surface area (Å²) in [6.07, 6.45) is -1.21. The van der Waals surface area contributed by atoms with Gasteiger partial charge in [0.15, 0.2) is 17.6 Å². The lowest BCUT2D eigenvalue weighted by Gasteiger charge is -2.15. The van der Waals surface area contributed by atoms with E-state index in [9.17, 15) is 19.8 Å². The Morgan fingerprint density at radius 2 is 1.65 bits per heavy atom. The van der Waals surface area contributed by atoms with Crippen molar-refractivity contribution in [3.8, 4) is 11.5 Å². The summed E-state index contributed by atoms with van der Waals surface area (Å²) in [5, 5.41) is 22.6. The molecule has 1 unspecified atom stereocenters. The van der Waals surface area contributed by atoms with Crippen LogP contribution in [0.25, 0.3) is 0 Å². The average Bonchev–Trinajstić information content (AvgIpc) is 2.57. The van der Waals surface area contributed by atoms with Crippen LogP contribution >= 0.6 is 34.8 Å². The SMILES string of the molecule is Cc1ccc(C(=O)OC(C)C(=O)Nc2cc(Cl)c(Cl)cc2Cl)c(O)c1O. The molecule has 0 saturated carbocycles. The summed E-state index contributed by atoms with van der Waals surface area (Å²) < 4.78 is 5.02. The molecule has 3 N–H and O–H groups in total. The molecular weight excluding hydrogens is 405 g/mol. The number of carbonyl (C=O) groups excluding carboxylic acids is 2. The van der Waals surface area contributed by atoms with Gasteiger partial charge in [-0.1, -0.05) is 40.9 Å². The molecule has 26 heavy (non-hydrogen) atoms. The highest BCUT2D eigenvalue weighted by Crippen LogP contribution is 2.33. The summed E-state index contributed by atoms with van der Waals surface area (Å²) in [5.74, 6) is -2.69. The highest BCUT2D eigenvalue weighted by atomic mass is 35.5. The minimum atomic E-state index is -1.21. The van der Waals surface area contributed by atoms with E-state index in [1.54, 1.807) is 6.92 Å². The van der Waals surface area contributed by atoms with Gasteiger partial charge in [-0.2, -0.15) is 0 Å². The van der Waals surface area contributed by atoms with E-state index in [-0.39, 0.29) is 26.3 Å². The van der Waals surface area contributed by atoms with E-state index in [2.05, 4.69) is 5.32 Å². The lowest BCUT2D eigenvalue weighted by Crippen LogP contribution is -2.30. The first-order chi connectivity index (χ1) is 12.1. The standard InChI is InChI=1S/C17H14Cl3NO5/c1-7-3-4-9(15(23)14(7)22)17(25)26-8(2)16(24)21-13-6-11(19)10(18)5-12(13)20/h3-6,8,22-23H,1-2H3,(H,21,24). The Kier molecular flexibility index (Phi) is 6.23. The first-order valence-electron chi connectivity index (χ1n) is 7.29. The molecule has 1 amide bonds. The minimum Gasteiger partial charge on any atom is -0.504 e. The van der Waals surface area contributed by atoms with Gasteiger partial charge in [0.1, 0.15) is 5.56 Å². The number of rotatable bonds is 4. The summed E-state index contributed by atoms with van der Waals surface area (Å²) in [6, 6.07) is 5.45. The molecule has 2 rings (SSSR count). The van der Waals surface area contributed by atoms with Gasteiger partial charge in [0.05, 0.1) is 20.8 Å². The number of anilines is 1. The predicted molar refractivity (Wildman–Crippen MR) is 99.5 cm³/mol. The average molecular weight is 419 g/mol. The number of benzene rings is 2. The molecule has 0 radical (unpaired) electrons. The van der Waals surface area contributed by atoms with Gasteiger partial charge < -0.3 is 20.3 Å². The number of hydrogen-bond acceptors (Lipinski definition) is 5. The maximum absolute atomic E-state index is 12.2. The minimum absolute atomic E-state index is 0.160. The summed E-state index contributed by atoms with van der Waals surface area (Å²) in [7, 11) is 0. The van der Waals surface area contributed by atoms with Crippen LogP contribution in [0.3, 0.4) is 0 Å². The monoisotopic (exact) mass is 417 g/mol. The van der Waals surface area contributed by atoms with Gasteiger partial charge >= 0.3 is 5.97 Å². The van der Waals surface area contributed by atoms with Crippen molar-refractivity contribution in [3.05, 3.63) is 50.5 Å². The van der Waals surface area contributed by atoms with Gasteiger partial charge in [0.2, 0.25) is 0 Å². The summed E-state index contributed by atoms with van der Waals surface area (Å²) >= 11 is 17.7. The van der Waals surface area contributed by atoms with Gasteiger partial charge in [-0.25, -0.2) is 4.79 Å². The highest BCUT2D eigenvalue weighted by molar-refractivity contribution is 6.44. The summed E-state index contributed by atoms with van der Waals surface area (Å²) in [6.45, 7) is 2.89. The number of aryl methyl sites for hydroxylation is 1. The molecule has 2 aromatic rings. The fourth-order valence-corrected chi connectivity index (χ4v) is 2.57. The normalized spacial score (nSPS) is 11.7. The molecule has 0 aliphatic heterocycles. The molecule has 6 nitrogen and oxygen atoms in total. The topological polar surface area (TPSA) is 95.9 Å².